The fourth-order valence-electron chi connectivity index (χ4n) is 7.90. The van der Waals surface area contributed by atoms with Crippen LogP contribution in [-0.4, -0.2) is 74.9 Å². The first-order valence-electron chi connectivity index (χ1n) is 28.4. The number of ether oxygens (including phenoxy) is 2. The summed E-state index contributed by atoms with van der Waals surface area (Å²) in [5, 5.41) is 0. The van der Waals surface area contributed by atoms with Crippen molar-refractivity contribution in [3.63, 3.8) is 0 Å². The fraction of sp³-hybridized carbons (Fsp3) is 0.828. The van der Waals surface area contributed by atoms with Crippen molar-refractivity contribution in [3.05, 3.63) is 48.6 Å². The van der Waals surface area contributed by atoms with Gasteiger partial charge in [-0.25, -0.2) is 4.57 Å². The second-order valence-corrected chi connectivity index (χ2v) is 21.8. The standard InChI is InChI=1S/C58H108NO8P/c1-6-8-10-12-14-16-18-20-22-24-26-28-29-31-32-34-36-38-40-42-44-46-48-50-57(60)64-54-56(55-66-68(62,63)65-53-52-59(3,4)5)67-58(61)51-49-47-45-43-41-39-37-35-33-30-27-25-23-21-19-17-15-13-11-9-7-2/h19,21,24-27,33,35,56H,6-18,20,22-23,28-32,34,36-55H2,1-5H3/p+1/b21-19-,26-24-,27-25-,35-33-. The van der Waals surface area contributed by atoms with E-state index in [9.17, 15) is 19.0 Å². The molecule has 0 spiro atoms. The highest BCUT2D eigenvalue weighted by Crippen LogP contribution is 2.43. The zero-order chi connectivity index (χ0) is 49.9. The predicted molar refractivity (Wildman–Crippen MR) is 289 cm³/mol. The van der Waals surface area contributed by atoms with Crippen LogP contribution in [0.2, 0.25) is 0 Å². The molecule has 0 aliphatic rings. The zero-order valence-corrected chi connectivity index (χ0v) is 46.0. The molecule has 0 heterocycles. The minimum absolute atomic E-state index is 0.0282. The average molecular weight is 979 g/mol. The van der Waals surface area contributed by atoms with E-state index in [-0.39, 0.29) is 32.0 Å². The number of carbonyl (C=O) groups is 2. The number of phosphoric ester groups is 1. The van der Waals surface area contributed by atoms with E-state index >= 15 is 0 Å². The van der Waals surface area contributed by atoms with E-state index in [1.807, 2.05) is 21.1 Å². The van der Waals surface area contributed by atoms with E-state index in [0.717, 1.165) is 70.6 Å². The number of phosphoric acid groups is 1. The number of quaternary nitrogens is 1. The summed E-state index contributed by atoms with van der Waals surface area (Å²) in [5.74, 6) is -0.806. The molecule has 0 saturated carbocycles. The van der Waals surface area contributed by atoms with Crippen molar-refractivity contribution in [2.45, 2.75) is 264 Å². The van der Waals surface area contributed by atoms with Gasteiger partial charge in [0.1, 0.15) is 19.8 Å². The molecule has 68 heavy (non-hydrogen) atoms. The maximum Gasteiger partial charge on any atom is 0.472 e. The van der Waals surface area contributed by atoms with E-state index in [1.165, 1.54) is 154 Å². The van der Waals surface area contributed by atoms with Crippen molar-refractivity contribution in [2.75, 3.05) is 47.5 Å². The molecule has 0 saturated heterocycles. The average Bonchev–Trinajstić information content (AvgIpc) is 3.30. The third-order valence-electron chi connectivity index (χ3n) is 12.3. The Hall–Kier alpha value is -2.03. The summed E-state index contributed by atoms with van der Waals surface area (Å²) in [6.07, 6.45) is 61.7. The first-order chi connectivity index (χ1) is 33.0. The van der Waals surface area contributed by atoms with Gasteiger partial charge in [-0.05, 0) is 77.0 Å². The van der Waals surface area contributed by atoms with Crippen LogP contribution in [0.25, 0.3) is 0 Å². The minimum atomic E-state index is -4.39. The minimum Gasteiger partial charge on any atom is -0.462 e. The van der Waals surface area contributed by atoms with Crippen LogP contribution in [0.4, 0.5) is 0 Å². The third kappa shape index (κ3) is 53.3. The summed E-state index contributed by atoms with van der Waals surface area (Å²) in [7, 11) is 1.47. The van der Waals surface area contributed by atoms with E-state index in [1.54, 1.807) is 0 Å². The molecular formula is C58H109NO8P+. The summed E-state index contributed by atoms with van der Waals surface area (Å²) in [4.78, 5) is 35.7. The largest absolute Gasteiger partial charge is 0.472 e. The number of carbonyl (C=O) groups excluding carboxylic acids is 2. The van der Waals surface area contributed by atoms with E-state index < -0.39 is 26.5 Å². The molecule has 2 atom stereocenters. The Kier molecular flexibility index (Phi) is 48.4. The highest BCUT2D eigenvalue weighted by molar-refractivity contribution is 7.47. The summed E-state index contributed by atoms with van der Waals surface area (Å²) in [6, 6.07) is 0. The number of hydrogen-bond acceptors (Lipinski definition) is 7. The van der Waals surface area contributed by atoms with E-state index in [0.29, 0.717) is 17.4 Å². The molecule has 0 amide bonds. The maximum absolute atomic E-state index is 12.8. The van der Waals surface area contributed by atoms with Crippen molar-refractivity contribution in [3.8, 4) is 0 Å². The van der Waals surface area contributed by atoms with Crippen LogP contribution in [0.15, 0.2) is 48.6 Å². The summed E-state index contributed by atoms with van der Waals surface area (Å²) < 4.78 is 34.5. The van der Waals surface area contributed by atoms with Crippen LogP contribution in [-0.2, 0) is 32.7 Å². The molecule has 0 rings (SSSR count). The van der Waals surface area contributed by atoms with Crippen molar-refractivity contribution >= 4 is 19.8 Å². The predicted octanol–water partition coefficient (Wildman–Crippen LogP) is 17.4. The van der Waals surface area contributed by atoms with Crippen LogP contribution >= 0.6 is 7.82 Å². The molecule has 1 N–H and O–H groups in total. The highest BCUT2D eigenvalue weighted by Gasteiger charge is 2.27. The van der Waals surface area contributed by atoms with Gasteiger partial charge in [0, 0.05) is 12.8 Å². The monoisotopic (exact) mass is 979 g/mol. The van der Waals surface area contributed by atoms with Crippen LogP contribution in [0.5, 0.6) is 0 Å². The van der Waals surface area contributed by atoms with Crippen LogP contribution in [0.1, 0.15) is 258 Å². The van der Waals surface area contributed by atoms with Crippen LogP contribution in [0.3, 0.4) is 0 Å². The molecule has 398 valence electrons. The highest BCUT2D eigenvalue weighted by atomic mass is 31.2. The molecule has 0 fully saturated rings. The molecule has 0 aliphatic heterocycles. The zero-order valence-electron chi connectivity index (χ0n) is 45.1. The number of allylic oxidation sites excluding steroid dienone is 8. The van der Waals surface area contributed by atoms with Gasteiger partial charge in [0.05, 0.1) is 27.7 Å². The second kappa shape index (κ2) is 49.9. The lowest BCUT2D eigenvalue weighted by atomic mass is 10.0. The Bertz CT molecular complexity index is 1290. The Morgan fingerprint density at radius 1 is 0.456 bits per heavy atom. The van der Waals surface area contributed by atoms with Gasteiger partial charge in [0.15, 0.2) is 6.10 Å². The number of esters is 2. The number of unbranched alkanes of at least 4 members (excludes halogenated alkanes) is 30. The number of likely N-dealkylation sites (N-methyl/N-ethyl adjacent to an activating group) is 1. The smallest absolute Gasteiger partial charge is 0.462 e. The lowest BCUT2D eigenvalue weighted by Crippen LogP contribution is -2.37. The fourth-order valence-corrected chi connectivity index (χ4v) is 8.64. The lowest BCUT2D eigenvalue weighted by molar-refractivity contribution is -0.870. The summed E-state index contributed by atoms with van der Waals surface area (Å²) in [6.45, 7) is 4.43. The Morgan fingerprint density at radius 3 is 1.19 bits per heavy atom. The van der Waals surface area contributed by atoms with Crippen molar-refractivity contribution in [1.82, 2.24) is 0 Å². The van der Waals surface area contributed by atoms with E-state index in [2.05, 4.69) is 62.5 Å². The van der Waals surface area contributed by atoms with Gasteiger partial charge in [-0.1, -0.05) is 217 Å². The van der Waals surface area contributed by atoms with Gasteiger partial charge in [0.25, 0.3) is 0 Å². The first-order valence-corrected chi connectivity index (χ1v) is 29.9. The van der Waals surface area contributed by atoms with Crippen molar-refractivity contribution in [1.29, 1.82) is 0 Å². The number of rotatable bonds is 52. The third-order valence-corrected chi connectivity index (χ3v) is 13.3. The van der Waals surface area contributed by atoms with Crippen molar-refractivity contribution in [2.24, 2.45) is 0 Å². The topological polar surface area (TPSA) is 108 Å². The van der Waals surface area contributed by atoms with Crippen LogP contribution in [0, 0.1) is 0 Å². The summed E-state index contributed by atoms with van der Waals surface area (Å²) in [5.41, 5.74) is 0. The van der Waals surface area contributed by atoms with Gasteiger partial charge < -0.3 is 18.9 Å². The SMILES string of the molecule is CCCCCCC/C=C\C/C=C\C/C=C\CCCCCCCCC(=O)OC(COC(=O)CCCCCCCCCCCCC/C=C\CCCCCCCCCC)COP(=O)(O)OCC[N+](C)(C)C. The Morgan fingerprint density at radius 2 is 0.794 bits per heavy atom. The number of nitrogens with zero attached hydrogens (tertiary/aromatic N) is 1. The molecule has 0 aliphatic carbocycles. The molecule has 2 unspecified atom stereocenters. The first kappa shape index (κ1) is 66.0. The van der Waals surface area contributed by atoms with Gasteiger partial charge in [-0.15, -0.1) is 0 Å². The quantitative estimate of drug-likeness (QED) is 0.0211. The van der Waals surface area contributed by atoms with Gasteiger partial charge in [0.2, 0.25) is 0 Å². The maximum atomic E-state index is 12.8. The molecule has 0 aromatic rings. The molecule has 0 bridgehead atoms. The van der Waals surface area contributed by atoms with Crippen LogP contribution < -0.4 is 0 Å². The Balaban J connectivity index is 4.21. The Labute approximate surface area is 420 Å². The van der Waals surface area contributed by atoms with Gasteiger partial charge >= 0.3 is 19.8 Å². The number of hydrogen-bond donors (Lipinski definition) is 1. The van der Waals surface area contributed by atoms with Gasteiger partial charge in [-0.2, -0.15) is 0 Å². The second-order valence-electron chi connectivity index (χ2n) is 20.3. The lowest BCUT2D eigenvalue weighted by Gasteiger charge is -2.24. The summed E-state index contributed by atoms with van der Waals surface area (Å²) >= 11 is 0. The van der Waals surface area contributed by atoms with E-state index in [4.69, 9.17) is 18.5 Å². The molecule has 0 radical (unpaired) electrons. The molecule has 9 nitrogen and oxygen atoms in total. The molecule has 10 heteroatoms. The van der Waals surface area contributed by atoms with Gasteiger partial charge in [-0.3, -0.25) is 18.6 Å². The van der Waals surface area contributed by atoms with Crippen molar-refractivity contribution < 1.29 is 42.1 Å². The molecule has 0 aromatic heterocycles. The normalized spacial score (nSPS) is 13.7. The molecular weight excluding hydrogens is 870 g/mol. The molecule has 0 aromatic carbocycles.